The van der Waals surface area contributed by atoms with Gasteiger partial charge in [-0.2, -0.15) is 50.5 Å². The molecule has 31 nitrogen and oxygen atoms in total. The van der Waals surface area contributed by atoms with E-state index in [-0.39, 0.29) is 74.0 Å². The second kappa shape index (κ2) is 39.1. The minimum Gasteiger partial charge on any atom is -0.508 e. The number of phenols is 1. The van der Waals surface area contributed by atoms with E-state index in [0.29, 0.717) is 37.8 Å². The van der Waals surface area contributed by atoms with Gasteiger partial charge in [-0.05, 0) is 89.1 Å². The first-order valence-electron chi connectivity index (χ1n) is 27.1. The Morgan fingerprint density at radius 2 is 1.07 bits per heavy atom. The first-order chi connectivity index (χ1) is 40.3. The number of carboxylic acids is 1. The van der Waals surface area contributed by atoms with E-state index in [0.717, 1.165) is 0 Å². The number of nitrogens with zero attached hydrogens (tertiary/aromatic N) is 1. The molecular weight excluding hydrogens is 1190 g/mol. The van der Waals surface area contributed by atoms with Crippen molar-refractivity contribution in [2.45, 2.75) is 138 Å². The highest BCUT2D eigenvalue weighted by Gasteiger charge is 2.40. The van der Waals surface area contributed by atoms with Crippen LogP contribution < -0.4 is 76.1 Å². The van der Waals surface area contributed by atoms with E-state index in [1.807, 2.05) is 0 Å². The van der Waals surface area contributed by atoms with Crippen molar-refractivity contribution in [1.29, 1.82) is 0 Å². The van der Waals surface area contributed by atoms with Gasteiger partial charge in [0, 0.05) is 36.0 Å². The van der Waals surface area contributed by atoms with Crippen molar-refractivity contribution < 1.29 is 77.6 Å². The summed E-state index contributed by atoms with van der Waals surface area (Å²) < 4.78 is 0. The molecule has 1 aliphatic heterocycles. The molecule has 0 radical (unpaired) electrons. The zero-order valence-corrected chi connectivity index (χ0v) is 50.4. The summed E-state index contributed by atoms with van der Waals surface area (Å²) in [5.41, 5.74) is 22.9. The monoisotopic (exact) mass is 1280 g/mol. The molecule has 0 spiro atoms. The van der Waals surface area contributed by atoms with Crippen LogP contribution in [0.4, 0.5) is 0 Å². The van der Waals surface area contributed by atoms with E-state index < -0.39 is 163 Å². The number of rotatable bonds is 39. The molecule has 1 aliphatic rings. The molecule has 11 atom stereocenters. The molecule has 1 aromatic rings. The van der Waals surface area contributed by atoms with Crippen LogP contribution in [0, 0.1) is 0 Å². The van der Waals surface area contributed by atoms with Crippen molar-refractivity contribution in [1.82, 2.24) is 58.1 Å². The van der Waals surface area contributed by atoms with Crippen LogP contribution in [0.5, 0.6) is 5.75 Å². The van der Waals surface area contributed by atoms with Crippen molar-refractivity contribution >= 4 is 127 Å². The third-order valence-electron chi connectivity index (χ3n) is 13.0. The third kappa shape index (κ3) is 25.9. The average molecular weight is 1280 g/mol. The predicted octanol–water partition coefficient (Wildman–Crippen LogP) is -7.32. The number of aromatic hydroxyl groups is 1. The minimum absolute atomic E-state index is 0.00403. The molecule has 1 saturated heterocycles. The Morgan fingerprint density at radius 3 is 1.62 bits per heavy atom. The maximum Gasteiger partial charge on any atom is 0.327 e. The lowest BCUT2D eigenvalue weighted by atomic mass is 10.0. The Hall–Kier alpha value is -6.63. The van der Waals surface area contributed by atoms with Gasteiger partial charge in [0.05, 0.1) is 25.6 Å². The Kier molecular flexibility index (Phi) is 34.3. The number of hydrogen-bond donors (Lipinski definition) is 21. The van der Waals surface area contributed by atoms with Crippen LogP contribution >= 0.6 is 50.5 Å². The first-order valence-corrected chi connectivity index (χ1v) is 29.6. The molecule has 21 N–H and O–H groups in total. The maximum absolute atomic E-state index is 14.0. The van der Waals surface area contributed by atoms with Crippen molar-refractivity contribution in [3.8, 4) is 5.75 Å². The molecule has 1 aromatic carbocycles. The number of likely N-dealkylation sites (tertiary alicyclic amines) is 1. The molecule has 12 amide bonds. The molecule has 0 aliphatic carbocycles. The fraction of sp³-hybridized carbons (Fsp3) is 0.620. The largest absolute Gasteiger partial charge is 0.508 e. The fourth-order valence-corrected chi connectivity index (χ4v) is 9.13. The van der Waals surface area contributed by atoms with Gasteiger partial charge in [-0.3, -0.25) is 57.5 Å². The van der Waals surface area contributed by atoms with Crippen LogP contribution in [0.25, 0.3) is 0 Å². The van der Waals surface area contributed by atoms with Crippen LogP contribution in [0.3, 0.4) is 0 Å². The molecule has 0 saturated carbocycles. The number of nitrogens with two attached hydrogens (primary N) is 4. The number of nitrogens with one attached hydrogen (secondary N) is 10. The number of thiol groups is 4. The van der Waals surface area contributed by atoms with Crippen LogP contribution in [0.15, 0.2) is 24.3 Å². The quantitative estimate of drug-likeness (QED) is 0.0215. The van der Waals surface area contributed by atoms with Crippen LogP contribution in [0.2, 0.25) is 0 Å². The second-order valence-corrected chi connectivity index (χ2v) is 21.1. The van der Waals surface area contributed by atoms with Gasteiger partial charge in [-0.15, -0.1) is 0 Å². The number of amides is 12. The molecule has 35 heteroatoms. The molecule has 85 heavy (non-hydrogen) atoms. The number of primary amides is 1. The Bertz CT molecular complexity index is 2470. The molecule has 1 fully saturated rings. The highest BCUT2D eigenvalue weighted by molar-refractivity contribution is 7.80. The molecule has 0 bridgehead atoms. The minimum atomic E-state index is -1.81. The van der Waals surface area contributed by atoms with Crippen LogP contribution in [0.1, 0.15) is 70.3 Å². The van der Waals surface area contributed by atoms with Gasteiger partial charge in [-0.25, -0.2) is 4.79 Å². The van der Waals surface area contributed by atoms with E-state index in [4.69, 9.17) is 22.9 Å². The topological polar surface area (TPSA) is 510 Å². The smallest absolute Gasteiger partial charge is 0.327 e. The lowest BCUT2D eigenvalue weighted by molar-refractivity contribution is -0.142. The summed E-state index contributed by atoms with van der Waals surface area (Å²) in [6.07, 6.45) is 0.990. The lowest BCUT2D eigenvalue weighted by Gasteiger charge is -2.30. The summed E-state index contributed by atoms with van der Waals surface area (Å²) in [5, 5.41) is 53.1. The highest BCUT2D eigenvalue weighted by Crippen LogP contribution is 2.21. The number of carbonyl (C=O) groups excluding carboxylic acids is 12. The first kappa shape index (κ1) is 74.5. The molecule has 1 heterocycles. The van der Waals surface area contributed by atoms with Crippen LogP contribution in [-0.4, -0.2) is 219 Å². The Labute approximate surface area is 512 Å². The van der Waals surface area contributed by atoms with E-state index in [1.54, 1.807) is 0 Å². The molecule has 2 rings (SSSR count). The number of carboxylic acid groups (broad SMARTS) is 1. The number of aliphatic carboxylic acids is 1. The van der Waals surface area contributed by atoms with Crippen molar-refractivity contribution in [2.75, 3.05) is 55.8 Å². The highest BCUT2D eigenvalue weighted by atomic mass is 32.1. The van der Waals surface area contributed by atoms with E-state index in [2.05, 4.69) is 104 Å². The van der Waals surface area contributed by atoms with E-state index in [9.17, 15) is 77.6 Å². The number of hydrogen-bond acceptors (Lipinski definition) is 22. The molecule has 0 aromatic heterocycles. The van der Waals surface area contributed by atoms with Gasteiger partial charge in [-0.1, -0.05) is 12.1 Å². The summed E-state index contributed by atoms with van der Waals surface area (Å²) in [6.45, 7) is 0.125. The number of phenolic OH excluding ortho intramolecular Hbond substituents is 1. The standard InChI is InChI=1S/C50H81N15O16S4/c1-25(56-48(78)37-9-6-16-65(37)49(79)30(8-3-5-15-52)58-47(77)35(23-84)63-41(71)28(53)21-82)40(70)62-34(22-83)42(72)55-19-39(69)57-29(7-2-4-14-51)43(73)60-32(18-38(54)68)45(75)59-31(17-26-10-12-27(67)13-11-26)44(74)61-33(20-66)46(76)64-36(24-85)50(80)81/h10-13,25,28-37,66-67,82-85H,2-9,14-24,51-53H2,1H3,(H2,54,68)(H,55,72)(H,56,78)(H,57,69)(H,58,77)(H,59,75)(H,60,73)(H,61,74)(H,62,70)(H,63,71)(H,64,76)(H,80,81)/t25-,28-,29-,30-,31-,32-,33-,34-,35-,36-,37-/m0/s1. The van der Waals surface area contributed by atoms with Gasteiger partial charge in [0.2, 0.25) is 70.9 Å². The molecule has 0 unspecified atom stereocenters. The number of benzene rings is 1. The maximum atomic E-state index is 14.0. The SMILES string of the molecule is C[C@H](NC(=O)[C@@H]1CCCN1C(=O)[C@H](CCCCN)NC(=O)[C@H](CS)NC(=O)[C@@H](N)CS)C(=O)N[C@@H](CS)C(=O)NCC(=O)N[C@@H](CCCCN)C(=O)N[C@@H](CC(N)=O)C(=O)N[C@@H](Cc1ccc(O)cc1)C(=O)N[C@@H](CO)C(=O)N[C@@H](CS)C(=O)O. The molecule has 476 valence electrons. The molecular formula is C50H81N15O16S4. The summed E-state index contributed by atoms with van der Waals surface area (Å²) in [4.78, 5) is 173. The Morgan fingerprint density at radius 1 is 0.588 bits per heavy atom. The van der Waals surface area contributed by atoms with Gasteiger partial charge in [0.1, 0.15) is 66.2 Å². The summed E-state index contributed by atoms with van der Waals surface area (Å²) in [6, 6.07) is -9.87. The number of carbonyl (C=O) groups is 13. The lowest BCUT2D eigenvalue weighted by Crippen LogP contribution is -2.60. The van der Waals surface area contributed by atoms with Crippen molar-refractivity contribution in [3.05, 3.63) is 29.8 Å². The number of aliphatic hydroxyl groups excluding tert-OH is 1. The average Bonchev–Trinajstić information content (AvgIpc) is 3.78. The number of unbranched alkanes of at least 4 members (excludes halogenated alkanes) is 2. The van der Waals surface area contributed by atoms with E-state index in [1.165, 1.54) is 36.1 Å². The van der Waals surface area contributed by atoms with Crippen molar-refractivity contribution in [3.63, 3.8) is 0 Å². The van der Waals surface area contributed by atoms with E-state index >= 15 is 0 Å². The second-order valence-electron chi connectivity index (χ2n) is 19.7. The number of aliphatic hydroxyl groups is 1. The van der Waals surface area contributed by atoms with Crippen LogP contribution in [-0.2, 0) is 68.7 Å². The Balaban J connectivity index is 2.19. The van der Waals surface area contributed by atoms with Gasteiger partial charge >= 0.3 is 5.97 Å². The fourth-order valence-electron chi connectivity index (χ4n) is 8.20. The predicted molar refractivity (Wildman–Crippen MR) is 320 cm³/mol. The normalized spacial score (nSPS) is 16.3. The summed E-state index contributed by atoms with van der Waals surface area (Å²) in [7, 11) is 0. The summed E-state index contributed by atoms with van der Waals surface area (Å²) in [5.74, 6) is -13.3. The third-order valence-corrected chi connectivity index (χ3v) is 14.5. The zero-order valence-electron chi connectivity index (χ0n) is 46.8. The zero-order chi connectivity index (χ0) is 63.9. The van der Waals surface area contributed by atoms with Gasteiger partial charge in [0.15, 0.2) is 0 Å². The van der Waals surface area contributed by atoms with Crippen molar-refractivity contribution in [2.24, 2.45) is 22.9 Å². The van der Waals surface area contributed by atoms with Gasteiger partial charge in [0.25, 0.3) is 0 Å². The van der Waals surface area contributed by atoms with Gasteiger partial charge < -0.3 is 96.3 Å². The summed E-state index contributed by atoms with van der Waals surface area (Å²) >= 11 is 16.2.